The first-order valence-corrected chi connectivity index (χ1v) is 9.04. The van der Waals surface area contributed by atoms with Gasteiger partial charge in [-0.2, -0.15) is 0 Å². The zero-order valence-electron chi connectivity index (χ0n) is 16.2. The fraction of sp³-hybridized carbons (Fsp3) is 0.333. The number of rotatable bonds is 7. The van der Waals surface area contributed by atoms with Gasteiger partial charge in [0, 0.05) is 38.8 Å². The molecule has 0 aliphatic rings. The van der Waals surface area contributed by atoms with Crippen LogP contribution in [0.15, 0.2) is 59.6 Å². The Morgan fingerprint density at radius 2 is 1.41 bits per heavy atom. The fourth-order valence-corrected chi connectivity index (χ4v) is 2.65. The lowest BCUT2D eigenvalue weighted by atomic mass is 10.1. The SMILES string of the molecule is CCN(CC)C(=O)c1ccc(CNC(=NC)NCc2ccccc2)cc1.I. The molecule has 0 heterocycles. The quantitative estimate of drug-likeness (QED) is 0.362. The molecule has 0 aromatic heterocycles. The largest absolute Gasteiger partial charge is 0.352 e. The molecule has 27 heavy (non-hydrogen) atoms. The lowest BCUT2D eigenvalue weighted by Crippen LogP contribution is -2.36. The number of halogens is 1. The minimum atomic E-state index is 0. The zero-order chi connectivity index (χ0) is 18.8. The van der Waals surface area contributed by atoms with Gasteiger partial charge in [-0.3, -0.25) is 9.79 Å². The number of guanidine groups is 1. The third-order valence-corrected chi connectivity index (χ3v) is 4.24. The van der Waals surface area contributed by atoms with Crippen LogP contribution >= 0.6 is 24.0 Å². The van der Waals surface area contributed by atoms with Crippen molar-refractivity contribution < 1.29 is 4.79 Å². The van der Waals surface area contributed by atoms with Gasteiger partial charge in [0.05, 0.1) is 0 Å². The number of hydrogen-bond acceptors (Lipinski definition) is 2. The van der Waals surface area contributed by atoms with Crippen LogP contribution in [0.25, 0.3) is 0 Å². The predicted molar refractivity (Wildman–Crippen MR) is 123 cm³/mol. The molecule has 0 spiro atoms. The number of carbonyl (C=O) groups is 1. The van der Waals surface area contributed by atoms with Crippen LogP contribution in [0.3, 0.4) is 0 Å². The standard InChI is InChI=1S/C21H28N4O.HI/c1-4-25(5-2)20(26)19-13-11-18(12-14-19)16-24-21(22-3)23-15-17-9-7-6-8-10-17;/h6-14H,4-5,15-16H2,1-3H3,(H2,22,23,24);1H. The van der Waals surface area contributed by atoms with Crippen molar-refractivity contribution in [3.8, 4) is 0 Å². The lowest BCUT2D eigenvalue weighted by Gasteiger charge is -2.18. The molecule has 0 saturated carbocycles. The second-order valence-corrected chi connectivity index (χ2v) is 5.94. The number of nitrogens with zero attached hydrogens (tertiary/aromatic N) is 2. The van der Waals surface area contributed by atoms with E-state index in [1.807, 2.05) is 61.2 Å². The molecule has 0 unspecified atom stereocenters. The molecule has 0 bridgehead atoms. The van der Waals surface area contributed by atoms with Crippen molar-refractivity contribution in [3.05, 3.63) is 71.3 Å². The van der Waals surface area contributed by atoms with E-state index >= 15 is 0 Å². The highest BCUT2D eigenvalue weighted by molar-refractivity contribution is 14.0. The summed E-state index contributed by atoms with van der Waals surface area (Å²) >= 11 is 0. The van der Waals surface area contributed by atoms with Crippen molar-refractivity contribution in [2.24, 2.45) is 4.99 Å². The Morgan fingerprint density at radius 3 is 1.89 bits per heavy atom. The van der Waals surface area contributed by atoms with Gasteiger partial charge in [0.25, 0.3) is 5.91 Å². The van der Waals surface area contributed by atoms with E-state index in [-0.39, 0.29) is 29.9 Å². The van der Waals surface area contributed by atoms with E-state index in [9.17, 15) is 4.79 Å². The number of nitrogens with one attached hydrogen (secondary N) is 2. The van der Waals surface area contributed by atoms with Crippen LogP contribution in [0.5, 0.6) is 0 Å². The van der Waals surface area contributed by atoms with Gasteiger partial charge in [-0.25, -0.2) is 0 Å². The molecule has 0 fully saturated rings. The maximum atomic E-state index is 12.3. The topological polar surface area (TPSA) is 56.7 Å². The first-order chi connectivity index (χ1) is 12.7. The minimum absolute atomic E-state index is 0. The molecule has 2 aromatic rings. The molecular weight excluding hydrogens is 451 g/mol. The second kappa shape index (κ2) is 12.3. The molecule has 0 atom stereocenters. The lowest BCUT2D eigenvalue weighted by molar-refractivity contribution is 0.0773. The van der Waals surface area contributed by atoms with E-state index in [4.69, 9.17) is 0 Å². The first kappa shape index (κ1) is 23.0. The molecular formula is C21H29IN4O. The molecule has 2 aromatic carbocycles. The number of benzene rings is 2. The van der Waals surface area contributed by atoms with Crippen molar-refractivity contribution in [2.45, 2.75) is 26.9 Å². The Morgan fingerprint density at radius 1 is 0.889 bits per heavy atom. The van der Waals surface area contributed by atoms with Gasteiger partial charge in [-0.1, -0.05) is 42.5 Å². The van der Waals surface area contributed by atoms with E-state index in [0.29, 0.717) is 6.54 Å². The summed E-state index contributed by atoms with van der Waals surface area (Å²) in [4.78, 5) is 18.4. The van der Waals surface area contributed by atoms with Crippen LogP contribution in [-0.4, -0.2) is 36.9 Å². The molecule has 0 aliphatic carbocycles. The van der Waals surface area contributed by atoms with E-state index in [2.05, 4.69) is 27.8 Å². The summed E-state index contributed by atoms with van der Waals surface area (Å²) in [5.74, 6) is 0.826. The highest BCUT2D eigenvalue weighted by Crippen LogP contribution is 2.08. The van der Waals surface area contributed by atoms with Gasteiger partial charge in [-0.15, -0.1) is 24.0 Å². The number of carbonyl (C=O) groups excluding carboxylic acids is 1. The van der Waals surface area contributed by atoms with E-state index in [1.54, 1.807) is 7.05 Å². The summed E-state index contributed by atoms with van der Waals surface area (Å²) in [5, 5.41) is 6.59. The Hall–Kier alpha value is -2.09. The second-order valence-electron chi connectivity index (χ2n) is 5.94. The normalized spacial score (nSPS) is 10.7. The van der Waals surface area contributed by atoms with Crippen LogP contribution < -0.4 is 10.6 Å². The van der Waals surface area contributed by atoms with Gasteiger partial charge in [0.1, 0.15) is 0 Å². The average Bonchev–Trinajstić information content (AvgIpc) is 2.70. The van der Waals surface area contributed by atoms with Crippen molar-refractivity contribution in [1.82, 2.24) is 15.5 Å². The van der Waals surface area contributed by atoms with Gasteiger partial charge in [0.2, 0.25) is 0 Å². The number of aliphatic imine (C=N–C) groups is 1. The van der Waals surface area contributed by atoms with Crippen LogP contribution in [-0.2, 0) is 13.1 Å². The molecule has 0 aliphatic heterocycles. The van der Waals surface area contributed by atoms with Gasteiger partial charge in [0.15, 0.2) is 5.96 Å². The monoisotopic (exact) mass is 480 g/mol. The highest BCUT2D eigenvalue weighted by Gasteiger charge is 2.11. The summed E-state index contributed by atoms with van der Waals surface area (Å²) in [5.41, 5.74) is 3.03. The molecule has 0 saturated heterocycles. The van der Waals surface area contributed by atoms with E-state index in [0.717, 1.165) is 36.7 Å². The molecule has 0 radical (unpaired) electrons. The van der Waals surface area contributed by atoms with E-state index in [1.165, 1.54) is 5.56 Å². The predicted octanol–water partition coefficient (Wildman–Crippen LogP) is 3.65. The molecule has 1 amide bonds. The molecule has 5 nitrogen and oxygen atoms in total. The van der Waals surface area contributed by atoms with Gasteiger partial charge < -0.3 is 15.5 Å². The van der Waals surface area contributed by atoms with Crippen molar-refractivity contribution in [1.29, 1.82) is 0 Å². The molecule has 6 heteroatoms. The fourth-order valence-electron chi connectivity index (χ4n) is 2.65. The van der Waals surface area contributed by atoms with Crippen molar-refractivity contribution >= 4 is 35.8 Å². The summed E-state index contributed by atoms with van der Waals surface area (Å²) in [6.07, 6.45) is 0. The van der Waals surface area contributed by atoms with Crippen LogP contribution in [0.2, 0.25) is 0 Å². The maximum absolute atomic E-state index is 12.3. The zero-order valence-corrected chi connectivity index (χ0v) is 18.6. The molecule has 2 N–H and O–H groups in total. The Labute approximate surface area is 179 Å². The maximum Gasteiger partial charge on any atom is 0.253 e. The van der Waals surface area contributed by atoms with Gasteiger partial charge in [-0.05, 0) is 37.1 Å². The van der Waals surface area contributed by atoms with Crippen LogP contribution in [0, 0.1) is 0 Å². The number of amides is 1. The highest BCUT2D eigenvalue weighted by atomic mass is 127. The minimum Gasteiger partial charge on any atom is -0.352 e. The summed E-state index contributed by atoms with van der Waals surface area (Å²) in [6.45, 7) is 6.80. The van der Waals surface area contributed by atoms with Crippen LogP contribution in [0.1, 0.15) is 35.3 Å². The Kier molecular flexibility index (Phi) is 10.5. The van der Waals surface area contributed by atoms with Crippen LogP contribution in [0.4, 0.5) is 0 Å². The third-order valence-electron chi connectivity index (χ3n) is 4.24. The Bertz CT molecular complexity index is 713. The number of hydrogen-bond donors (Lipinski definition) is 2. The molecule has 2 rings (SSSR count). The average molecular weight is 480 g/mol. The van der Waals surface area contributed by atoms with E-state index < -0.39 is 0 Å². The van der Waals surface area contributed by atoms with Gasteiger partial charge >= 0.3 is 0 Å². The summed E-state index contributed by atoms with van der Waals surface area (Å²) < 4.78 is 0. The third kappa shape index (κ3) is 7.21. The first-order valence-electron chi connectivity index (χ1n) is 9.04. The smallest absolute Gasteiger partial charge is 0.253 e. The van der Waals surface area contributed by atoms with Crippen molar-refractivity contribution in [3.63, 3.8) is 0 Å². The van der Waals surface area contributed by atoms with Crippen molar-refractivity contribution in [2.75, 3.05) is 20.1 Å². The molecule has 146 valence electrons. The summed E-state index contributed by atoms with van der Waals surface area (Å²) in [7, 11) is 1.76. The summed E-state index contributed by atoms with van der Waals surface area (Å²) in [6, 6.07) is 17.9. The Balaban J connectivity index is 0.00000364.